The number of halogens is 2. The number of carbonyl (C=O) groups excluding carboxylic acids is 2. The van der Waals surface area contributed by atoms with Crippen LogP contribution in [0.1, 0.15) is 23.8 Å². The molecule has 8 nitrogen and oxygen atoms in total. The number of ether oxygens (including phenoxy) is 3. The second-order valence-electron chi connectivity index (χ2n) is 8.87. The largest absolute Gasteiger partial charge is 0.493 e. The van der Waals surface area contributed by atoms with Crippen molar-refractivity contribution in [2.45, 2.75) is 26.3 Å². The van der Waals surface area contributed by atoms with Crippen LogP contribution in [0.4, 0.5) is 10.5 Å². The van der Waals surface area contributed by atoms with Gasteiger partial charge in [0.15, 0.2) is 11.5 Å². The molecular weight excluding hydrogens is 573 g/mol. The van der Waals surface area contributed by atoms with Crippen molar-refractivity contribution >= 4 is 52.2 Å². The number of hydrogen-bond donors (Lipinski definition) is 1. The SMILES string of the molecule is CCOCCCN(CC(=O)N(CCc1ccc(OC)c(OC)c1)Cc1cccs1)C(=O)Nc1ccc(Cl)c(Cl)c1. The average molecular weight is 609 g/mol. The highest BCUT2D eigenvalue weighted by molar-refractivity contribution is 7.09. The molecule has 0 atom stereocenters. The van der Waals surface area contributed by atoms with Gasteiger partial charge in [0.25, 0.3) is 0 Å². The van der Waals surface area contributed by atoms with E-state index >= 15 is 0 Å². The molecule has 0 aliphatic rings. The summed E-state index contributed by atoms with van der Waals surface area (Å²) in [5.74, 6) is 1.12. The Hall–Kier alpha value is -2.98. The van der Waals surface area contributed by atoms with Gasteiger partial charge in [-0.2, -0.15) is 0 Å². The fourth-order valence-corrected chi connectivity index (χ4v) is 4.99. The fraction of sp³-hybridized carbons (Fsp3) is 0.379. The summed E-state index contributed by atoms with van der Waals surface area (Å²) in [6.45, 7) is 4.16. The standard InChI is InChI=1S/C29H35Cl2N3O5S/c1-4-39-15-6-13-34(29(36)32-22-9-10-24(30)25(31)18-22)20-28(35)33(19-23-7-5-16-40-23)14-12-21-8-11-26(37-2)27(17-21)38-3/h5,7-11,16-18H,4,6,12-15,19-20H2,1-3H3,(H,32,36). The minimum absolute atomic E-state index is 0.0867. The van der Waals surface area contributed by atoms with Crippen molar-refractivity contribution < 1.29 is 23.8 Å². The van der Waals surface area contributed by atoms with Crippen LogP contribution in [0.3, 0.4) is 0 Å². The van der Waals surface area contributed by atoms with Crippen molar-refractivity contribution in [2.75, 3.05) is 52.4 Å². The predicted octanol–water partition coefficient (Wildman–Crippen LogP) is 6.60. The average Bonchev–Trinajstić information content (AvgIpc) is 3.47. The lowest BCUT2D eigenvalue weighted by atomic mass is 10.1. The van der Waals surface area contributed by atoms with Gasteiger partial charge in [-0.3, -0.25) is 4.79 Å². The van der Waals surface area contributed by atoms with Crippen molar-refractivity contribution in [3.63, 3.8) is 0 Å². The van der Waals surface area contributed by atoms with Gasteiger partial charge in [0, 0.05) is 36.9 Å². The first kappa shape index (κ1) is 31.5. The minimum atomic E-state index is -0.404. The van der Waals surface area contributed by atoms with Crippen LogP contribution in [0.2, 0.25) is 10.0 Å². The third-order valence-electron chi connectivity index (χ3n) is 6.10. The number of nitrogens with one attached hydrogen (secondary N) is 1. The van der Waals surface area contributed by atoms with E-state index in [1.54, 1.807) is 48.7 Å². The maximum Gasteiger partial charge on any atom is 0.322 e. The summed E-state index contributed by atoms with van der Waals surface area (Å²) in [5.41, 5.74) is 1.50. The molecule has 0 aliphatic heterocycles. The molecule has 1 aromatic heterocycles. The third-order valence-corrected chi connectivity index (χ3v) is 7.70. The maximum absolute atomic E-state index is 13.7. The van der Waals surface area contributed by atoms with Crippen LogP contribution in [-0.2, 0) is 22.5 Å². The molecule has 3 amide bonds. The Morgan fingerprint density at radius 2 is 1.75 bits per heavy atom. The summed E-state index contributed by atoms with van der Waals surface area (Å²) in [7, 11) is 3.19. The van der Waals surface area contributed by atoms with Gasteiger partial charge in [-0.05, 0) is 67.1 Å². The van der Waals surface area contributed by atoms with Gasteiger partial charge in [-0.1, -0.05) is 35.3 Å². The third kappa shape index (κ3) is 9.59. The molecule has 0 saturated heterocycles. The van der Waals surface area contributed by atoms with Crippen LogP contribution in [0.5, 0.6) is 11.5 Å². The Morgan fingerprint density at radius 1 is 0.950 bits per heavy atom. The Labute approximate surface area is 249 Å². The summed E-state index contributed by atoms with van der Waals surface area (Å²) in [6, 6.07) is 14.1. The first-order valence-electron chi connectivity index (χ1n) is 12.9. The molecule has 3 aromatic rings. The van der Waals surface area contributed by atoms with Gasteiger partial charge in [0.2, 0.25) is 5.91 Å². The lowest BCUT2D eigenvalue weighted by molar-refractivity contribution is -0.132. The number of nitrogens with zero attached hydrogens (tertiary/aromatic N) is 2. The number of carbonyl (C=O) groups is 2. The van der Waals surface area contributed by atoms with E-state index in [1.165, 1.54) is 4.90 Å². The lowest BCUT2D eigenvalue weighted by Crippen LogP contribution is -2.45. The molecule has 11 heteroatoms. The zero-order valence-electron chi connectivity index (χ0n) is 23.0. The predicted molar refractivity (Wildman–Crippen MR) is 161 cm³/mol. The quantitative estimate of drug-likeness (QED) is 0.197. The number of rotatable bonds is 15. The van der Waals surface area contributed by atoms with E-state index in [2.05, 4.69) is 5.32 Å². The Balaban J connectivity index is 1.75. The van der Waals surface area contributed by atoms with Crippen LogP contribution in [0.15, 0.2) is 53.9 Å². The number of benzene rings is 2. The van der Waals surface area contributed by atoms with Crippen LogP contribution in [-0.4, -0.2) is 68.8 Å². The highest BCUT2D eigenvalue weighted by atomic mass is 35.5. The molecular formula is C29H35Cl2N3O5S. The minimum Gasteiger partial charge on any atom is -0.493 e. The molecule has 216 valence electrons. The first-order valence-corrected chi connectivity index (χ1v) is 14.6. The summed E-state index contributed by atoms with van der Waals surface area (Å²) in [4.78, 5) is 31.3. The van der Waals surface area contributed by atoms with Gasteiger partial charge < -0.3 is 29.3 Å². The fourth-order valence-electron chi connectivity index (χ4n) is 3.98. The smallest absolute Gasteiger partial charge is 0.322 e. The van der Waals surface area contributed by atoms with Crippen molar-refractivity contribution in [1.82, 2.24) is 9.80 Å². The van der Waals surface area contributed by atoms with Gasteiger partial charge in [0.1, 0.15) is 6.54 Å². The molecule has 40 heavy (non-hydrogen) atoms. The van der Waals surface area contributed by atoms with E-state index in [-0.39, 0.29) is 12.5 Å². The first-order chi connectivity index (χ1) is 19.3. The molecule has 1 heterocycles. The lowest BCUT2D eigenvalue weighted by Gasteiger charge is -2.28. The highest BCUT2D eigenvalue weighted by Gasteiger charge is 2.22. The Bertz CT molecular complexity index is 1240. The maximum atomic E-state index is 13.7. The zero-order valence-corrected chi connectivity index (χ0v) is 25.3. The number of urea groups is 1. The molecule has 0 fully saturated rings. The molecule has 2 aromatic carbocycles. The molecule has 0 saturated carbocycles. The van der Waals surface area contributed by atoms with Crippen LogP contribution in [0.25, 0.3) is 0 Å². The summed E-state index contributed by atoms with van der Waals surface area (Å²) in [5, 5.41) is 5.53. The normalized spacial score (nSPS) is 10.7. The molecule has 3 rings (SSSR count). The highest BCUT2D eigenvalue weighted by Crippen LogP contribution is 2.28. The van der Waals surface area contributed by atoms with Crippen molar-refractivity contribution in [3.8, 4) is 11.5 Å². The molecule has 0 aliphatic carbocycles. The molecule has 0 unspecified atom stereocenters. The van der Waals surface area contributed by atoms with Crippen LogP contribution < -0.4 is 14.8 Å². The topological polar surface area (TPSA) is 80.3 Å². The van der Waals surface area contributed by atoms with Gasteiger partial charge >= 0.3 is 6.03 Å². The number of methoxy groups -OCH3 is 2. The Kier molecular flexibility index (Phi) is 12.9. The van der Waals surface area contributed by atoms with E-state index in [9.17, 15) is 9.59 Å². The zero-order chi connectivity index (χ0) is 28.9. The van der Waals surface area contributed by atoms with E-state index < -0.39 is 6.03 Å². The van der Waals surface area contributed by atoms with Gasteiger partial charge in [-0.15, -0.1) is 11.3 Å². The van der Waals surface area contributed by atoms with E-state index in [0.717, 1.165) is 10.4 Å². The van der Waals surface area contributed by atoms with E-state index in [4.69, 9.17) is 37.4 Å². The number of thiophene rings is 1. The number of hydrogen-bond acceptors (Lipinski definition) is 6. The van der Waals surface area contributed by atoms with E-state index in [1.807, 2.05) is 42.6 Å². The van der Waals surface area contributed by atoms with Crippen LogP contribution >= 0.6 is 34.5 Å². The van der Waals surface area contributed by atoms with Crippen LogP contribution in [0, 0.1) is 0 Å². The van der Waals surface area contributed by atoms with Crippen molar-refractivity contribution in [2.24, 2.45) is 0 Å². The monoisotopic (exact) mass is 607 g/mol. The molecule has 0 bridgehead atoms. The number of amides is 3. The molecule has 1 N–H and O–H groups in total. The summed E-state index contributed by atoms with van der Waals surface area (Å²) in [6.07, 6.45) is 1.20. The number of anilines is 1. The van der Waals surface area contributed by atoms with Gasteiger partial charge in [0.05, 0.1) is 30.8 Å². The summed E-state index contributed by atoms with van der Waals surface area (Å²) >= 11 is 13.7. The van der Waals surface area contributed by atoms with Crippen molar-refractivity contribution in [3.05, 3.63) is 74.4 Å². The molecule has 0 spiro atoms. The second-order valence-corrected chi connectivity index (χ2v) is 10.7. The van der Waals surface area contributed by atoms with Crippen molar-refractivity contribution in [1.29, 1.82) is 0 Å². The summed E-state index contributed by atoms with van der Waals surface area (Å²) < 4.78 is 16.2. The van der Waals surface area contributed by atoms with Gasteiger partial charge in [-0.25, -0.2) is 4.79 Å². The second kappa shape index (κ2) is 16.3. The van der Waals surface area contributed by atoms with E-state index in [0.29, 0.717) is 72.9 Å². The Morgan fingerprint density at radius 3 is 2.42 bits per heavy atom. The molecule has 0 radical (unpaired) electrons.